The van der Waals surface area contributed by atoms with E-state index in [1.54, 1.807) is 12.2 Å². The SMILES string of the molecule is C/C(N)=C/C=C(\N)N1CCC(O)C1.CC. The Kier molecular flexibility index (Phi) is 6.62. The lowest BCUT2D eigenvalue weighted by molar-refractivity contribution is 0.183. The summed E-state index contributed by atoms with van der Waals surface area (Å²) < 4.78 is 0. The van der Waals surface area contributed by atoms with Gasteiger partial charge in [0.05, 0.1) is 11.9 Å². The second-order valence-electron chi connectivity index (χ2n) is 3.39. The van der Waals surface area contributed by atoms with Crippen LogP contribution in [0.25, 0.3) is 0 Å². The molecule has 15 heavy (non-hydrogen) atoms. The summed E-state index contributed by atoms with van der Waals surface area (Å²) in [5.41, 5.74) is 11.9. The van der Waals surface area contributed by atoms with E-state index in [4.69, 9.17) is 11.5 Å². The molecule has 0 spiro atoms. The van der Waals surface area contributed by atoms with Crippen LogP contribution in [-0.4, -0.2) is 29.2 Å². The lowest BCUT2D eigenvalue weighted by Crippen LogP contribution is -2.26. The predicted molar refractivity (Wildman–Crippen MR) is 63.8 cm³/mol. The molecule has 88 valence electrons. The van der Waals surface area contributed by atoms with Crippen LogP contribution in [-0.2, 0) is 0 Å². The number of β-amino-alcohol motifs (C(OH)–C–C–N with tert-alkyl or cyclic N) is 1. The Balaban J connectivity index is 0.000000921. The number of hydrogen-bond acceptors (Lipinski definition) is 4. The van der Waals surface area contributed by atoms with Gasteiger partial charge in [-0.05, 0) is 25.5 Å². The molecule has 1 rings (SSSR count). The first-order valence-corrected chi connectivity index (χ1v) is 5.42. The summed E-state index contributed by atoms with van der Waals surface area (Å²) in [5, 5.41) is 9.26. The van der Waals surface area contributed by atoms with Gasteiger partial charge in [-0.2, -0.15) is 0 Å². The van der Waals surface area contributed by atoms with Gasteiger partial charge in [0.25, 0.3) is 0 Å². The minimum atomic E-state index is -0.241. The third kappa shape index (κ3) is 5.32. The molecule has 0 saturated carbocycles. The van der Waals surface area contributed by atoms with Crippen LogP contribution >= 0.6 is 0 Å². The maximum Gasteiger partial charge on any atom is 0.0987 e. The molecule has 0 amide bonds. The summed E-state index contributed by atoms with van der Waals surface area (Å²) in [7, 11) is 0. The Morgan fingerprint density at radius 2 is 1.93 bits per heavy atom. The van der Waals surface area contributed by atoms with Crippen molar-refractivity contribution in [2.75, 3.05) is 13.1 Å². The van der Waals surface area contributed by atoms with E-state index in [2.05, 4.69) is 0 Å². The van der Waals surface area contributed by atoms with E-state index in [9.17, 15) is 5.11 Å². The molecule has 1 atom stereocenters. The van der Waals surface area contributed by atoms with Crippen molar-refractivity contribution in [2.45, 2.75) is 33.3 Å². The van der Waals surface area contributed by atoms with E-state index in [0.29, 0.717) is 12.4 Å². The van der Waals surface area contributed by atoms with Crippen molar-refractivity contribution in [1.29, 1.82) is 0 Å². The average molecular weight is 213 g/mol. The lowest BCUT2D eigenvalue weighted by Gasteiger charge is -2.16. The molecule has 1 aliphatic heterocycles. The monoisotopic (exact) mass is 213 g/mol. The Labute approximate surface area is 92.2 Å². The van der Waals surface area contributed by atoms with Crippen LogP contribution < -0.4 is 11.5 Å². The number of nitrogens with zero attached hydrogens (tertiary/aromatic N) is 1. The molecule has 0 aliphatic carbocycles. The number of rotatable bonds is 2. The topological polar surface area (TPSA) is 75.5 Å². The molecule has 0 aromatic carbocycles. The fourth-order valence-corrected chi connectivity index (χ4v) is 1.30. The van der Waals surface area contributed by atoms with Crippen molar-refractivity contribution in [3.05, 3.63) is 23.7 Å². The number of hydrogen-bond donors (Lipinski definition) is 3. The molecule has 4 nitrogen and oxygen atoms in total. The molecule has 1 unspecified atom stereocenters. The summed E-state index contributed by atoms with van der Waals surface area (Å²) in [6, 6.07) is 0. The molecule has 0 radical (unpaired) electrons. The Morgan fingerprint density at radius 3 is 2.33 bits per heavy atom. The number of aliphatic hydroxyl groups excluding tert-OH is 1. The summed E-state index contributed by atoms with van der Waals surface area (Å²) in [4.78, 5) is 1.95. The Bertz CT molecular complexity index is 232. The van der Waals surface area contributed by atoms with Crippen LogP contribution in [0, 0.1) is 0 Å². The number of nitrogens with two attached hydrogens (primary N) is 2. The molecule has 5 N–H and O–H groups in total. The van der Waals surface area contributed by atoms with E-state index >= 15 is 0 Å². The summed E-state index contributed by atoms with van der Waals surface area (Å²) >= 11 is 0. The molecule has 1 heterocycles. The highest BCUT2D eigenvalue weighted by Crippen LogP contribution is 2.11. The molecular formula is C11H23N3O. The second-order valence-corrected chi connectivity index (χ2v) is 3.39. The minimum Gasteiger partial charge on any atom is -0.402 e. The van der Waals surface area contributed by atoms with Crippen LogP contribution in [0.2, 0.25) is 0 Å². The largest absolute Gasteiger partial charge is 0.402 e. The zero-order chi connectivity index (χ0) is 11.8. The smallest absolute Gasteiger partial charge is 0.0987 e. The maximum atomic E-state index is 9.26. The van der Waals surface area contributed by atoms with Gasteiger partial charge < -0.3 is 21.5 Å². The van der Waals surface area contributed by atoms with Crippen LogP contribution in [0.15, 0.2) is 23.7 Å². The van der Waals surface area contributed by atoms with Crippen LogP contribution in [0.5, 0.6) is 0 Å². The van der Waals surface area contributed by atoms with Gasteiger partial charge in [0, 0.05) is 18.8 Å². The fourth-order valence-electron chi connectivity index (χ4n) is 1.30. The molecule has 0 aromatic heterocycles. The zero-order valence-electron chi connectivity index (χ0n) is 9.90. The number of likely N-dealkylation sites (tertiary alicyclic amines) is 1. The molecule has 1 fully saturated rings. The predicted octanol–water partition coefficient (Wildman–Crippen LogP) is 0.742. The van der Waals surface area contributed by atoms with Crippen molar-refractivity contribution >= 4 is 0 Å². The molecule has 0 bridgehead atoms. The maximum absolute atomic E-state index is 9.26. The third-order valence-electron chi connectivity index (χ3n) is 2.05. The van der Waals surface area contributed by atoms with Gasteiger partial charge in [-0.25, -0.2) is 0 Å². The van der Waals surface area contributed by atoms with Gasteiger partial charge in [0.15, 0.2) is 0 Å². The van der Waals surface area contributed by atoms with Crippen LogP contribution in [0.3, 0.4) is 0 Å². The lowest BCUT2D eigenvalue weighted by atomic mass is 10.3. The van der Waals surface area contributed by atoms with Crippen molar-refractivity contribution in [2.24, 2.45) is 11.5 Å². The van der Waals surface area contributed by atoms with Gasteiger partial charge >= 0.3 is 0 Å². The number of allylic oxidation sites excluding steroid dienone is 3. The molecule has 4 heteroatoms. The van der Waals surface area contributed by atoms with E-state index < -0.39 is 0 Å². The van der Waals surface area contributed by atoms with Gasteiger partial charge in [-0.1, -0.05) is 13.8 Å². The van der Waals surface area contributed by atoms with E-state index in [-0.39, 0.29) is 6.10 Å². The summed E-state index contributed by atoms with van der Waals surface area (Å²) in [6.07, 6.45) is 4.09. The van der Waals surface area contributed by atoms with Crippen LogP contribution in [0.1, 0.15) is 27.2 Å². The van der Waals surface area contributed by atoms with Gasteiger partial charge in [0.2, 0.25) is 0 Å². The Morgan fingerprint density at radius 1 is 1.33 bits per heavy atom. The summed E-state index contributed by atoms with van der Waals surface area (Å²) in [6.45, 7) is 7.25. The second kappa shape index (κ2) is 7.17. The quantitative estimate of drug-likeness (QED) is 0.591. The number of aliphatic hydroxyl groups is 1. The van der Waals surface area contributed by atoms with Crippen molar-refractivity contribution < 1.29 is 5.11 Å². The standard InChI is InChI=1S/C9H17N3O.C2H6/c1-7(10)2-3-9(11)12-5-4-8(13)6-12;1-2/h2-3,8,13H,4-6,10-11H2,1H3;1-2H3/b7-2-,9-3+;. The highest BCUT2D eigenvalue weighted by atomic mass is 16.3. The fraction of sp³-hybridized carbons (Fsp3) is 0.636. The van der Waals surface area contributed by atoms with Crippen molar-refractivity contribution in [1.82, 2.24) is 4.90 Å². The van der Waals surface area contributed by atoms with Crippen LogP contribution in [0.4, 0.5) is 0 Å². The molecule has 1 saturated heterocycles. The van der Waals surface area contributed by atoms with Crippen molar-refractivity contribution in [3.8, 4) is 0 Å². The highest BCUT2D eigenvalue weighted by molar-refractivity contribution is 5.13. The normalized spacial score (nSPS) is 22.4. The first-order chi connectivity index (χ1) is 7.09. The minimum absolute atomic E-state index is 0.241. The average Bonchev–Trinajstić information content (AvgIpc) is 2.64. The molecule has 1 aliphatic rings. The first kappa shape index (κ1) is 13.8. The van der Waals surface area contributed by atoms with E-state index in [0.717, 1.165) is 18.7 Å². The van der Waals surface area contributed by atoms with Gasteiger partial charge in [-0.15, -0.1) is 0 Å². The Hall–Kier alpha value is -1.16. The first-order valence-electron chi connectivity index (χ1n) is 5.42. The zero-order valence-corrected chi connectivity index (χ0v) is 9.90. The van der Waals surface area contributed by atoms with E-state index in [1.807, 2.05) is 25.7 Å². The molecular weight excluding hydrogens is 190 g/mol. The summed E-state index contributed by atoms with van der Waals surface area (Å²) in [5.74, 6) is 0.668. The van der Waals surface area contributed by atoms with Crippen molar-refractivity contribution in [3.63, 3.8) is 0 Å². The highest BCUT2D eigenvalue weighted by Gasteiger charge is 2.19. The van der Waals surface area contributed by atoms with Gasteiger partial charge in [0.1, 0.15) is 0 Å². The van der Waals surface area contributed by atoms with E-state index in [1.165, 1.54) is 0 Å². The van der Waals surface area contributed by atoms with Gasteiger partial charge in [-0.3, -0.25) is 0 Å². The molecule has 0 aromatic rings. The third-order valence-corrected chi connectivity index (χ3v) is 2.05.